The number of hydrogen-bond acceptors (Lipinski definition) is 3. The highest BCUT2D eigenvalue weighted by molar-refractivity contribution is 6.74. The summed E-state index contributed by atoms with van der Waals surface area (Å²) in [5.41, 5.74) is 2.15. The summed E-state index contributed by atoms with van der Waals surface area (Å²) in [6.45, 7) is 13.7. The van der Waals surface area contributed by atoms with Crippen molar-refractivity contribution in [3.8, 4) is 0 Å². The van der Waals surface area contributed by atoms with E-state index in [4.69, 9.17) is 16.0 Å². The standard InChI is InChI=1S/C19H30ClN3OSi/c1-13-12-23(18-16(13)11-17(20)21-22-18)14-8-7-9-15(10-14)24-25(5,6)19(2,3)4/h11-12,14-15H,7-10H2,1-6H3/t14-,15-/m1/s1. The summed E-state index contributed by atoms with van der Waals surface area (Å²) in [4.78, 5) is 0. The van der Waals surface area contributed by atoms with Crippen LogP contribution in [0.25, 0.3) is 11.0 Å². The second-order valence-electron chi connectivity index (χ2n) is 8.94. The minimum atomic E-state index is -1.73. The van der Waals surface area contributed by atoms with E-state index in [1.54, 1.807) is 0 Å². The molecule has 4 nitrogen and oxygen atoms in total. The number of halogens is 1. The Labute approximate surface area is 157 Å². The van der Waals surface area contributed by atoms with Crippen molar-refractivity contribution in [2.75, 3.05) is 0 Å². The van der Waals surface area contributed by atoms with Gasteiger partial charge in [0.05, 0.1) is 0 Å². The zero-order valence-corrected chi connectivity index (χ0v) is 18.0. The third-order valence-corrected chi connectivity index (χ3v) is 10.7. The summed E-state index contributed by atoms with van der Waals surface area (Å²) >= 11 is 6.03. The minimum absolute atomic E-state index is 0.249. The Balaban J connectivity index is 1.83. The average Bonchev–Trinajstić information content (AvgIpc) is 2.83. The van der Waals surface area contributed by atoms with Crippen LogP contribution < -0.4 is 0 Å². The SMILES string of the molecule is Cc1cn([C@@H]2CCC[C@@H](O[Si](C)(C)C(C)(C)C)C2)c2nnc(Cl)cc12. The third kappa shape index (κ3) is 3.78. The van der Waals surface area contributed by atoms with E-state index in [9.17, 15) is 0 Å². The first kappa shape index (κ1) is 18.9. The Kier molecular flexibility index (Phi) is 5.03. The maximum Gasteiger partial charge on any atom is 0.192 e. The monoisotopic (exact) mass is 379 g/mol. The van der Waals surface area contributed by atoms with Crippen molar-refractivity contribution >= 4 is 31.0 Å². The molecular formula is C19H30ClN3OSi. The number of rotatable bonds is 3. The molecule has 3 rings (SSSR count). The number of fused-ring (bicyclic) bond motifs is 1. The molecule has 0 amide bonds. The van der Waals surface area contributed by atoms with Gasteiger partial charge in [-0.3, -0.25) is 0 Å². The van der Waals surface area contributed by atoms with Gasteiger partial charge in [0.15, 0.2) is 19.1 Å². The van der Waals surface area contributed by atoms with Crippen LogP contribution in [0.1, 0.15) is 58.1 Å². The molecule has 0 bridgehead atoms. The zero-order valence-electron chi connectivity index (χ0n) is 16.3. The Morgan fingerprint density at radius 1 is 1.24 bits per heavy atom. The summed E-state index contributed by atoms with van der Waals surface area (Å²) in [6.07, 6.45) is 7.14. The molecule has 1 saturated carbocycles. The zero-order chi connectivity index (χ0) is 18.4. The van der Waals surface area contributed by atoms with E-state index in [-0.39, 0.29) is 5.04 Å². The molecule has 0 unspecified atom stereocenters. The van der Waals surface area contributed by atoms with Crippen LogP contribution >= 0.6 is 11.6 Å². The van der Waals surface area contributed by atoms with Gasteiger partial charge in [-0.2, -0.15) is 0 Å². The average molecular weight is 380 g/mol. The fourth-order valence-electron chi connectivity index (χ4n) is 3.53. The first-order chi connectivity index (χ1) is 11.6. The molecule has 0 aromatic carbocycles. The van der Waals surface area contributed by atoms with Gasteiger partial charge in [-0.15, -0.1) is 10.2 Å². The topological polar surface area (TPSA) is 39.9 Å². The van der Waals surface area contributed by atoms with Gasteiger partial charge in [-0.25, -0.2) is 0 Å². The lowest BCUT2D eigenvalue weighted by molar-refractivity contribution is 0.113. The fraction of sp³-hybridized carbons (Fsp3) is 0.684. The highest BCUT2D eigenvalue weighted by Crippen LogP contribution is 2.41. The fourth-order valence-corrected chi connectivity index (χ4v) is 5.08. The van der Waals surface area contributed by atoms with E-state index >= 15 is 0 Å². The molecule has 1 aliphatic carbocycles. The quantitative estimate of drug-likeness (QED) is 0.623. The van der Waals surface area contributed by atoms with Gasteiger partial charge in [0.25, 0.3) is 0 Å². The highest BCUT2D eigenvalue weighted by atomic mass is 35.5. The van der Waals surface area contributed by atoms with Crippen LogP contribution in [-0.2, 0) is 4.43 Å². The molecule has 1 aliphatic rings. The van der Waals surface area contributed by atoms with Crippen LogP contribution in [0.3, 0.4) is 0 Å². The van der Waals surface area contributed by atoms with E-state index < -0.39 is 8.32 Å². The molecule has 2 heterocycles. The maximum atomic E-state index is 6.70. The lowest BCUT2D eigenvalue weighted by Crippen LogP contribution is -2.45. The molecule has 0 N–H and O–H groups in total. The maximum absolute atomic E-state index is 6.70. The molecule has 1 fully saturated rings. The third-order valence-electron chi connectivity index (χ3n) is 6.01. The number of aryl methyl sites for hydroxylation is 1. The molecule has 0 radical (unpaired) electrons. The van der Waals surface area contributed by atoms with Crippen LogP contribution in [0.2, 0.25) is 23.3 Å². The number of aromatic nitrogens is 3. The molecule has 2 aromatic heterocycles. The Hall–Kier alpha value is -0.913. The summed E-state index contributed by atoms with van der Waals surface area (Å²) in [5, 5.41) is 10.2. The molecule has 0 saturated heterocycles. The lowest BCUT2D eigenvalue weighted by Gasteiger charge is -2.41. The molecular weight excluding hydrogens is 350 g/mol. The van der Waals surface area contributed by atoms with Gasteiger partial charge >= 0.3 is 0 Å². The van der Waals surface area contributed by atoms with E-state index in [2.05, 4.69) is 61.8 Å². The van der Waals surface area contributed by atoms with Gasteiger partial charge < -0.3 is 8.99 Å². The molecule has 25 heavy (non-hydrogen) atoms. The van der Waals surface area contributed by atoms with E-state index in [0.717, 1.165) is 17.5 Å². The van der Waals surface area contributed by atoms with Crippen molar-refractivity contribution in [3.63, 3.8) is 0 Å². The van der Waals surface area contributed by atoms with E-state index in [1.807, 2.05) is 6.07 Å². The summed E-state index contributed by atoms with van der Waals surface area (Å²) in [5.74, 6) is 0. The van der Waals surface area contributed by atoms with Gasteiger partial charge in [0, 0.05) is 23.7 Å². The summed E-state index contributed by atoms with van der Waals surface area (Å²) in [6, 6.07) is 2.34. The van der Waals surface area contributed by atoms with Crippen LogP contribution in [0.5, 0.6) is 0 Å². The van der Waals surface area contributed by atoms with Crippen LogP contribution in [0.15, 0.2) is 12.3 Å². The van der Waals surface area contributed by atoms with Crippen molar-refractivity contribution in [2.24, 2.45) is 0 Å². The van der Waals surface area contributed by atoms with Crippen molar-refractivity contribution in [2.45, 2.75) is 83.7 Å². The molecule has 138 valence electrons. The Bertz CT molecular complexity index is 766. The van der Waals surface area contributed by atoms with Gasteiger partial charge in [-0.1, -0.05) is 32.4 Å². The van der Waals surface area contributed by atoms with Gasteiger partial charge in [-0.05, 0) is 62.4 Å². The first-order valence-corrected chi connectivity index (χ1v) is 12.6. The second-order valence-corrected chi connectivity index (χ2v) is 14.1. The first-order valence-electron chi connectivity index (χ1n) is 9.27. The summed E-state index contributed by atoms with van der Waals surface area (Å²) in [7, 11) is -1.73. The summed E-state index contributed by atoms with van der Waals surface area (Å²) < 4.78 is 9.00. The molecule has 2 aromatic rings. The van der Waals surface area contributed by atoms with Crippen molar-refractivity contribution < 1.29 is 4.43 Å². The van der Waals surface area contributed by atoms with Crippen molar-refractivity contribution in [1.82, 2.24) is 14.8 Å². The smallest absolute Gasteiger partial charge is 0.192 e. The predicted molar refractivity (Wildman–Crippen MR) is 107 cm³/mol. The van der Waals surface area contributed by atoms with E-state index in [1.165, 1.54) is 24.8 Å². The van der Waals surface area contributed by atoms with Crippen molar-refractivity contribution in [1.29, 1.82) is 0 Å². The van der Waals surface area contributed by atoms with Gasteiger partial charge in [0.1, 0.15) is 0 Å². The highest BCUT2D eigenvalue weighted by Gasteiger charge is 2.40. The Morgan fingerprint density at radius 3 is 2.64 bits per heavy atom. The van der Waals surface area contributed by atoms with Crippen molar-refractivity contribution in [3.05, 3.63) is 23.0 Å². The molecule has 6 heteroatoms. The normalized spacial score (nSPS) is 22.5. The molecule has 2 atom stereocenters. The van der Waals surface area contributed by atoms with Crippen LogP contribution in [0, 0.1) is 6.92 Å². The number of hydrogen-bond donors (Lipinski definition) is 0. The largest absolute Gasteiger partial charge is 0.414 e. The minimum Gasteiger partial charge on any atom is -0.414 e. The van der Waals surface area contributed by atoms with E-state index in [0.29, 0.717) is 17.3 Å². The molecule has 0 spiro atoms. The van der Waals surface area contributed by atoms with Crippen LogP contribution in [0.4, 0.5) is 0 Å². The second kappa shape index (κ2) is 6.67. The Morgan fingerprint density at radius 2 is 1.96 bits per heavy atom. The van der Waals surface area contributed by atoms with Gasteiger partial charge in [0.2, 0.25) is 0 Å². The van der Waals surface area contributed by atoms with Crippen LogP contribution in [-0.4, -0.2) is 29.2 Å². The number of nitrogens with zero attached hydrogens (tertiary/aromatic N) is 3. The molecule has 0 aliphatic heterocycles. The lowest BCUT2D eigenvalue weighted by atomic mass is 9.93. The predicted octanol–water partition coefficient (Wildman–Crippen LogP) is 5.90.